The molecule has 0 aliphatic rings. The van der Waals surface area contributed by atoms with Crippen LogP contribution in [0.3, 0.4) is 0 Å². The molecule has 1 aromatic rings. The molecule has 0 saturated heterocycles. The van der Waals surface area contributed by atoms with Gasteiger partial charge in [-0.15, -0.1) is 0 Å². The smallest absolute Gasteiger partial charge is 0.235 e. The third-order valence-electron chi connectivity index (χ3n) is 1.75. The zero-order valence-electron chi connectivity index (χ0n) is 8.54. The maximum Gasteiger partial charge on any atom is 0.235 e. The number of benzene rings is 1. The molecule has 0 radical (unpaired) electrons. The largest absolute Gasteiger partial charge is 0.384 e. The fourth-order valence-electron chi connectivity index (χ4n) is 0.984. The van der Waals surface area contributed by atoms with E-state index in [0.29, 0.717) is 10.7 Å². The summed E-state index contributed by atoms with van der Waals surface area (Å²) >= 11 is 7.79. The van der Waals surface area contributed by atoms with Gasteiger partial charge in [-0.25, -0.2) is 8.42 Å². The van der Waals surface area contributed by atoms with Crippen LogP contribution >= 0.6 is 34.2 Å². The highest BCUT2D eigenvalue weighted by molar-refractivity contribution is 14.1. The van der Waals surface area contributed by atoms with E-state index < -0.39 is 10.0 Å². The Kier molecular flexibility index (Phi) is 5.29. The SMILES string of the molecule is COCCS(=O)(=O)Nc1ccc(Cl)cc1I. The number of sulfonamides is 1. The van der Waals surface area contributed by atoms with Gasteiger partial charge in [-0.2, -0.15) is 0 Å². The summed E-state index contributed by atoms with van der Waals surface area (Å²) in [5.41, 5.74) is 0.529. The Labute approximate surface area is 114 Å². The fraction of sp³-hybridized carbons (Fsp3) is 0.333. The minimum atomic E-state index is -3.36. The Bertz CT molecular complexity index is 464. The summed E-state index contributed by atoms with van der Waals surface area (Å²) in [6, 6.07) is 4.96. The second-order valence-corrected chi connectivity index (χ2v) is 6.48. The van der Waals surface area contributed by atoms with E-state index in [2.05, 4.69) is 4.72 Å². The number of hydrogen-bond acceptors (Lipinski definition) is 3. The van der Waals surface area contributed by atoms with E-state index in [1.165, 1.54) is 7.11 Å². The lowest BCUT2D eigenvalue weighted by Crippen LogP contribution is -2.20. The van der Waals surface area contributed by atoms with E-state index in [-0.39, 0.29) is 12.4 Å². The van der Waals surface area contributed by atoms with Gasteiger partial charge in [0.25, 0.3) is 0 Å². The van der Waals surface area contributed by atoms with Gasteiger partial charge in [0.05, 0.1) is 18.0 Å². The number of hydrogen-bond donors (Lipinski definition) is 1. The van der Waals surface area contributed by atoms with Crippen molar-refractivity contribution in [3.05, 3.63) is 26.8 Å². The first kappa shape index (κ1) is 14.0. The molecule has 90 valence electrons. The van der Waals surface area contributed by atoms with E-state index >= 15 is 0 Å². The molecule has 0 aliphatic carbocycles. The molecule has 0 unspecified atom stereocenters. The van der Waals surface area contributed by atoms with Crippen LogP contribution in [0.1, 0.15) is 0 Å². The van der Waals surface area contributed by atoms with Crippen LogP contribution in [-0.4, -0.2) is 27.9 Å². The molecule has 4 nitrogen and oxygen atoms in total. The Balaban J connectivity index is 2.80. The highest BCUT2D eigenvalue weighted by atomic mass is 127. The first-order valence-electron chi connectivity index (χ1n) is 4.39. The van der Waals surface area contributed by atoms with Crippen molar-refractivity contribution in [3.8, 4) is 0 Å². The third kappa shape index (κ3) is 4.44. The predicted molar refractivity (Wildman–Crippen MR) is 73.5 cm³/mol. The van der Waals surface area contributed by atoms with Crippen LogP contribution < -0.4 is 4.72 Å². The summed E-state index contributed by atoms with van der Waals surface area (Å²) in [4.78, 5) is 0. The number of halogens is 2. The molecule has 0 atom stereocenters. The average molecular weight is 376 g/mol. The topological polar surface area (TPSA) is 55.4 Å². The monoisotopic (exact) mass is 375 g/mol. The van der Waals surface area contributed by atoms with Gasteiger partial charge in [-0.05, 0) is 40.8 Å². The molecule has 0 amide bonds. The highest BCUT2D eigenvalue weighted by Crippen LogP contribution is 2.23. The summed E-state index contributed by atoms with van der Waals surface area (Å²) in [6.07, 6.45) is 0. The van der Waals surface area contributed by atoms with Crippen LogP contribution in [0.4, 0.5) is 5.69 Å². The lowest BCUT2D eigenvalue weighted by atomic mass is 10.3. The van der Waals surface area contributed by atoms with Crippen molar-refractivity contribution in [1.29, 1.82) is 0 Å². The summed E-state index contributed by atoms with van der Waals surface area (Å²) in [5.74, 6) is -0.0673. The maximum atomic E-state index is 11.6. The fourth-order valence-corrected chi connectivity index (χ4v) is 3.17. The van der Waals surface area contributed by atoms with Gasteiger partial charge >= 0.3 is 0 Å². The molecule has 7 heteroatoms. The lowest BCUT2D eigenvalue weighted by molar-refractivity contribution is 0.217. The zero-order chi connectivity index (χ0) is 12.2. The van der Waals surface area contributed by atoms with Gasteiger partial charge in [0, 0.05) is 15.7 Å². The summed E-state index contributed by atoms with van der Waals surface area (Å²) in [5, 5.41) is 0.573. The average Bonchev–Trinajstić information content (AvgIpc) is 2.19. The first-order chi connectivity index (χ1) is 7.44. The molecule has 0 fully saturated rings. The van der Waals surface area contributed by atoms with E-state index in [1.54, 1.807) is 18.2 Å². The lowest BCUT2D eigenvalue weighted by Gasteiger charge is -2.09. The zero-order valence-corrected chi connectivity index (χ0v) is 12.3. The van der Waals surface area contributed by atoms with E-state index in [4.69, 9.17) is 16.3 Å². The highest BCUT2D eigenvalue weighted by Gasteiger charge is 2.11. The van der Waals surface area contributed by atoms with Crippen molar-refractivity contribution >= 4 is 49.9 Å². The molecule has 0 aromatic heterocycles. The minimum absolute atomic E-state index is 0.0673. The number of rotatable bonds is 5. The van der Waals surface area contributed by atoms with Gasteiger partial charge in [-0.1, -0.05) is 11.6 Å². The van der Waals surface area contributed by atoms with Crippen LogP contribution in [0.2, 0.25) is 5.02 Å². The quantitative estimate of drug-likeness (QED) is 0.804. The second-order valence-electron chi connectivity index (χ2n) is 3.04. The molecule has 0 spiro atoms. The van der Waals surface area contributed by atoms with Crippen molar-refractivity contribution in [2.24, 2.45) is 0 Å². The number of methoxy groups -OCH3 is 1. The standard InChI is InChI=1S/C9H11ClINO3S/c1-15-4-5-16(13,14)12-9-3-2-7(10)6-8(9)11/h2-3,6,12H,4-5H2,1H3. The molecular weight excluding hydrogens is 365 g/mol. The Hall–Kier alpha value is -0.0500. The Morgan fingerprint density at radius 1 is 1.50 bits per heavy atom. The summed E-state index contributed by atoms with van der Waals surface area (Å²) in [6.45, 7) is 0.166. The summed E-state index contributed by atoms with van der Waals surface area (Å²) < 4.78 is 31.1. The van der Waals surface area contributed by atoms with Gasteiger partial charge in [0.2, 0.25) is 10.0 Å². The molecular formula is C9H11ClINO3S. The molecule has 1 N–H and O–H groups in total. The molecule has 0 heterocycles. The van der Waals surface area contributed by atoms with E-state index in [9.17, 15) is 8.42 Å². The van der Waals surface area contributed by atoms with Gasteiger partial charge < -0.3 is 4.74 Å². The second kappa shape index (κ2) is 6.04. The van der Waals surface area contributed by atoms with Crippen molar-refractivity contribution in [1.82, 2.24) is 0 Å². The Morgan fingerprint density at radius 3 is 2.75 bits per heavy atom. The van der Waals surface area contributed by atoms with Crippen molar-refractivity contribution in [2.45, 2.75) is 0 Å². The maximum absolute atomic E-state index is 11.6. The minimum Gasteiger partial charge on any atom is -0.384 e. The van der Waals surface area contributed by atoms with Crippen molar-refractivity contribution in [3.63, 3.8) is 0 Å². The van der Waals surface area contributed by atoms with Crippen LogP contribution in [0.15, 0.2) is 18.2 Å². The molecule has 0 bridgehead atoms. The van der Waals surface area contributed by atoms with E-state index in [1.807, 2.05) is 22.6 Å². The normalized spacial score (nSPS) is 11.4. The van der Waals surface area contributed by atoms with Crippen LogP contribution in [0.5, 0.6) is 0 Å². The van der Waals surface area contributed by atoms with Gasteiger partial charge in [0.1, 0.15) is 0 Å². The van der Waals surface area contributed by atoms with Crippen molar-refractivity contribution in [2.75, 3.05) is 24.2 Å². The number of ether oxygens (including phenoxy) is 1. The number of anilines is 1. The summed E-state index contributed by atoms with van der Waals surface area (Å²) in [7, 11) is -1.90. The van der Waals surface area contributed by atoms with Crippen LogP contribution in [0.25, 0.3) is 0 Å². The van der Waals surface area contributed by atoms with Gasteiger partial charge in [-0.3, -0.25) is 4.72 Å². The predicted octanol–water partition coefficient (Wildman–Crippen LogP) is 2.33. The third-order valence-corrected chi connectivity index (χ3v) is 4.12. The molecule has 16 heavy (non-hydrogen) atoms. The first-order valence-corrected chi connectivity index (χ1v) is 7.50. The molecule has 1 aromatic carbocycles. The van der Waals surface area contributed by atoms with E-state index in [0.717, 1.165) is 3.57 Å². The number of nitrogens with one attached hydrogen (secondary N) is 1. The molecule has 0 saturated carbocycles. The van der Waals surface area contributed by atoms with Crippen molar-refractivity contribution < 1.29 is 13.2 Å². The van der Waals surface area contributed by atoms with Crippen LogP contribution in [0, 0.1) is 3.57 Å². The Morgan fingerprint density at radius 2 is 2.19 bits per heavy atom. The molecule has 0 aliphatic heterocycles. The molecule has 1 rings (SSSR count). The van der Waals surface area contributed by atoms with Crippen LogP contribution in [-0.2, 0) is 14.8 Å². The van der Waals surface area contributed by atoms with Gasteiger partial charge in [0.15, 0.2) is 0 Å².